The molecule has 12 rings (SSSR count). The Labute approximate surface area is 351 Å². The van der Waals surface area contributed by atoms with E-state index in [9.17, 15) is 10.5 Å². The molecular formula is C56H33N5. The molecule has 0 bridgehead atoms. The van der Waals surface area contributed by atoms with E-state index in [-0.39, 0.29) is 0 Å². The largest absolute Gasteiger partial charge is 0.309 e. The summed E-state index contributed by atoms with van der Waals surface area (Å²) in [5.74, 6) is 0. The van der Waals surface area contributed by atoms with Gasteiger partial charge in [0.2, 0.25) is 0 Å². The fourth-order valence-corrected chi connectivity index (χ4v) is 9.71. The third-order valence-electron chi connectivity index (χ3n) is 12.3. The van der Waals surface area contributed by atoms with Crippen LogP contribution in [0, 0.1) is 22.7 Å². The van der Waals surface area contributed by atoms with Crippen molar-refractivity contribution in [3.05, 3.63) is 211 Å². The van der Waals surface area contributed by atoms with E-state index in [0.717, 1.165) is 61.4 Å². The number of hydrogen-bond donors (Lipinski definition) is 0. The molecule has 0 aliphatic rings. The van der Waals surface area contributed by atoms with Crippen LogP contribution in [0.15, 0.2) is 200 Å². The molecule has 3 heterocycles. The van der Waals surface area contributed by atoms with Gasteiger partial charge in [0.25, 0.3) is 0 Å². The smallest absolute Gasteiger partial charge is 0.0998 e. The summed E-state index contributed by atoms with van der Waals surface area (Å²) in [6.45, 7) is 0. The van der Waals surface area contributed by atoms with Crippen LogP contribution in [0.1, 0.15) is 11.1 Å². The maximum atomic E-state index is 10.3. The molecule has 0 aliphatic heterocycles. The molecule has 0 unspecified atom stereocenters. The van der Waals surface area contributed by atoms with E-state index in [1.807, 2.05) is 30.3 Å². The third kappa shape index (κ3) is 5.12. The van der Waals surface area contributed by atoms with Gasteiger partial charge in [0, 0.05) is 60.5 Å². The van der Waals surface area contributed by atoms with Crippen molar-refractivity contribution in [2.45, 2.75) is 0 Å². The van der Waals surface area contributed by atoms with Crippen molar-refractivity contribution in [1.29, 1.82) is 10.5 Å². The van der Waals surface area contributed by atoms with Gasteiger partial charge in [-0.05, 0) is 90.0 Å². The molecule has 0 N–H and O–H groups in total. The van der Waals surface area contributed by atoms with E-state index in [0.29, 0.717) is 11.1 Å². The molecule has 0 saturated carbocycles. The van der Waals surface area contributed by atoms with Crippen LogP contribution in [0.2, 0.25) is 0 Å². The molecule has 12 aromatic rings. The second-order valence-corrected chi connectivity index (χ2v) is 15.5. The Hall–Kier alpha value is -8.64. The monoisotopic (exact) mass is 775 g/mol. The number of nitrogens with zero attached hydrogens (tertiary/aromatic N) is 5. The van der Waals surface area contributed by atoms with Crippen molar-refractivity contribution in [2.24, 2.45) is 0 Å². The maximum Gasteiger partial charge on any atom is 0.0998 e. The van der Waals surface area contributed by atoms with E-state index in [2.05, 4.69) is 190 Å². The van der Waals surface area contributed by atoms with Gasteiger partial charge < -0.3 is 13.7 Å². The van der Waals surface area contributed by atoms with Gasteiger partial charge in [0.05, 0.1) is 56.4 Å². The molecule has 0 spiro atoms. The average Bonchev–Trinajstić information content (AvgIpc) is 3.97. The van der Waals surface area contributed by atoms with Crippen LogP contribution in [-0.2, 0) is 0 Å². The lowest BCUT2D eigenvalue weighted by Crippen LogP contribution is -2.00. The number of benzene rings is 9. The predicted octanol–water partition coefficient (Wildman–Crippen LogP) is 14.1. The van der Waals surface area contributed by atoms with Crippen LogP contribution in [0.4, 0.5) is 0 Å². The molecule has 0 aliphatic carbocycles. The molecule has 282 valence electrons. The van der Waals surface area contributed by atoms with E-state index in [1.165, 1.54) is 43.4 Å². The zero-order chi connectivity index (χ0) is 40.6. The summed E-state index contributed by atoms with van der Waals surface area (Å²) >= 11 is 0. The summed E-state index contributed by atoms with van der Waals surface area (Å²) in [6, 6.07) is 74.9. The molecular weight excluding hydrogens is 743 g/mol. The second-order valence-electron chi connectivity index (χ2n) is 15.5. The standard InChI is InChI=1S/C56H33N5/c57-34-37-14-4-5-17-43(37)49-32-36(26-27-38(49)35-58)39-30-41(59-50-22-10-6-18-44(50)45-19-7-11-23-51(45)59)33-42(31-39)60-53-25-13-9-21-48(53)55-54(60)29-28-47-46-20-8-12-24-52(46)61(56(47)55)40-15-2-1-3-16-40/h1-33H. The molecule has 0 fully saturated rings. The molecule has 0 amide bonds. The number of nitriles is 2. The Morgan fingerprint density at radius 1 is 0.311 bits per heavy atom. The summed E-state index contributed by atoms with van der Waals surface area (Å²) < 4.78 is 7.20. The topological polar surface area (TPSA) is 62.4 Å². The number of para-hydroxylation sites is 5. The quantitative estimate of drug-likeness (QED) is 0.175. The first kappa shape index (κ1) is 34.4. The van der Waals surface area contributed by atoms with Crippen molar-refractivity contribution in [3.8, 4) is 51.5 Å². The second kappa shape index (κ2) is 13.5. The highest BCUT2D eigenvalue weighted by Gasteiger charge is 2.22. The molecule has 0 atom stereocenters. The minimum absolute atomic E-state index is 0.519. The van der Waals surface area contributed by atoms with Crippen LogP contribution in [0.25, 0.3) is 105 Å². The first-order chi connectivity index (χ1) is 30.2. The number of rotatable bonds is 5. The highest BCUT2D eigenvalue weighted by molar-refractivity contribution is 6.26. The van der Waals surface area contributed by atoms with E-state index in [4.69, 9.17) is 0 Å². The van der Waals surface area contributed by atoms with Gasteiger partial charge >= 0.3 is 0 Å². The Bertz CT molecular complexity index is 3790. The third-order valence-corrected chi connectivity index (χ3v) is 12.3. The first-order valence-corrected chi connectivity index (χ1v) is 20.4. The van der Waals surface area contributed by atoms with Gasteiger partial charge in [-0.1, -0.05) is 121 Å². The summed E-state index contributed by atoms with van der Waals surface area (Å²) in [7, 11) is 0. The van der Waals surface area contributed by atoms with Crippen LogP contribution in [0.5, 0.6) is 0 Å². The van der Waals surface area contributed by atoms with Gasteiger partial charge in [-0.25, -0.2) is 0 Å². The summed E-state index contributed by atoms with van der Waals surface area (Å²) in [4.78, 5) is 0. The molecule has 0 radical (unpaired) electrons. The average molecular weight is 776 g/mol. The van der Waals surface area contributed by atoms with Crippen molar-refractivity contribution in [3.63, 3.8) is 0 Å². The Morgan fingerprint density at radius 2 is 0.820 bits per heavy atom. The molecule has 3 aromatic heterocycles. The number of fused-ring (bicyclic) bond motifs is 10. The van der Waals surface area contributed by atoms with Crippen LogP contribution >= 0.6 is 0 Å². The van der Waals surface area contributed by atoms with E-state index < -0.39 is 0 Å². The molecule has 61 heavy (non-hydrogen) atoms. The Balaban J connectivity index is 1.21. The fourth-order valence-electron chi connectivity index (χ4n) is 9.71. The van der Waals surface area contributed by atoms with Crippen molar-refractivity contribution < 1.29 is 0 Å². The highest BCUT2D eigenvalue weighted by Crippen LogP contribution is 2.43. The normalized spacial score (nSPS) is 11.6. The lowest BCUT2D eigenvalue weighted by Gasteiger charge is -2.17. The lowest BCUT2D eigenvalue weighted by molar-refractivity contribution is 1.13. The van der Waals surface area contributed by atoms with Crippen molar-refractivity contribution in [1.82, 2.24) is 13.7 Å². The zero-order valence-electron chi connectivity index (χ0n) is 32.8. The van der Waals surface area contributed by atoms with Crippen molar-refractivity contribution in [2.75, 3.05) is 0 Å². The van der Waals surface area contributed by atoms with Crippen molar-refractivity contribution >= 4 is 65.4 Å². The summed E-state index contributed by atoms with van der Waals surface area (Å²) in [6.07, 6.45) is 0. The Kier molecular flexibility index (Phi) is 7.59. The van der Waals surface area contributed by atoms with Gasteiger partial charge in [0.15, 0.2) is 0 Å². The lowest BCUT2D eigenvalue weighted by atomic mass is 9.92. The van der Waals surface area contributed by atoms with Gasteiger partial charge in [-0.2, -0.15) is 10.5 Å². The molecule has 5 nitrogen and oxygen atoms in total. The fraction of sp³-hybridized carbons (Fsp3) is 0. The minimum atomic E-state index is 0.519. The molecule has 9 aromatic carbocycles. The predicted molar refractivity (Wildman–Crippen MR) is 250 cm³/mol. The van der Waals surface area contributed by atoms with E-state index in [1.54, 1.807) is 6.07 Å². The van der Waals surface area contributed by atoms with Gasteiger partial charge in [-0.3, -0.25) is 0 Å². The molecule has 0 saturated heterocycles. The molecule has 5 heteroatoms. The van der Waals surface area contributed by atoms with E-state index >= 15 is 0 Å². The number of aromatic nitrogens is 3. The maximum absolute atomic E-state index is 10.3. The van der Waals surface area contributed by atoms with Crippen LogP contribution < -0.4 is 0 Å². The van der Waals surface area contributed by atoms with Crippen LogP contribution in [0.3, 0.4) is 0 Å². The summed E-state index contributed by atoms with van der Waals surface area (Å²) in [5.41, 5.74) is 14.3. The van der Waals surface area contributed by atoms with Gasteiger partial charge in [0.1, 0.15) is 0 Å². The van der Waals surface area contributed by atoms with Crippen LogP contribution in [-0.4, -0.2) is 13.7 Å². The number of hydrogen-bond acceptors (Lipinski definition) is 2. The SMILES string of the molecule is N#Cc1ccccc1-c1cc(-c2cc(-n3c4ccccc4c4ccccc43)cc(-n3c4ccccc4c4c3ccc3c5ccccc5n(-c5ccccc5)c34)c2)ccc1C#N. The van der Waals surface area contributed by atoms with Gasteiger partial charge in [-0.15, -0.1) is 0 Å². The first-order valence-electron chi connectivity index (χ1n) is 20.4. The zero-order valence-corrected chi connectivity index (χ0v) is 32.8. The highest BCUT2D eigenvalue weighted by atomic mass is 15.0. The summed E-state index contributed by atoms with van der Waals surface area (Å²) in [5, 5.41) is 27.6. The Morgan fingerprint density at radius 3 is 1.48 bits per heavy atom. The minimum Gasteiger partial charge on any atom is -0.309 e.